The van der Waals surface area contributed by atoms with E-state index in [0.717, 1.165) is 131 Å². The van der Waals surface area contributed by atoms with Gasteiger partial charge in [0.15, 0.2) is 34.7 Å². The molecule has 104 heavy (non-hydrogen) atoms. The lowest BCUT2D eigenvalue weighted by molar-refractivity contribution is 0.102. The molecule has 0 aliphatic heterocycles. The number of fused-ring (bicyclic) bond motifs is 6. The molecular weight excluding hydrogens is 1300 g/mol. The normalized spacial score (nSPS) is 13.1. The van der Waals surface area contributed by atoms with Crippen molar-refractivity contribution in [3.8, 4) is 56.8 Å². The Kier molecular flexibility index (Phi) is 15.9. The van der Waals surface area contributed by atoms with Gasteiger partial charge in [0.05, 0.1) is 33.4 Å². The van der Waals surface area contributed by atoms with Crippen LogP contribution in [0.3, 0.4) is 0 Å². The van der Waals surface area contributed by atoms with Crippen molar-refractivity contribution in [1.82, 2.24) is 0 Å². The molecule has 0 bridgehead atoms. The van der Waals surface area contributed by atoms with Crippen LogP contribution in [0, 0.1) is 13.8 Å². The second-order valence-electron chi connectivity index (χ2n) is 26.0. The first-order chi connectivity index (χ1) is 50.4. The van der Waals surface area contributed by atoms with E-state index in [1.54, 1.807) is 48.6 Å². The number of hydrogen-bond acceptors (Lipinski definition) is 12. The third-order valence-electron chi connectivity index (χ3n) is 19.8. The van der Waals surface area contributed by atoms with Crippen molar-refractivity contribution in [1.29, 1.82) is 0 Å². The van der Waals surface area contributed by atoms with E-state index in [2.05, 4.69) is 12.1 Å². The Morgan fingerprint density at radius 3 is 1.29 bits per heavy atom. The fourth-order valence-electron chi connectivity index (χ4n) is 15.2. The average Bonchev–Trinajstić information content (AvgIpc) is 0.752. The first kappa shape index (κ1) is 64.6. The number of ketones is 6. The van der Waals surface area contributed by atoms with Gasteiger partial charge in [-0.3, -0.25) is 28.8 Å². The molecule has 0 spiro atoms. The molecule has 15 aromatic rings. The topological polar surface area (TPSA) is 224 Å². The summed E-state index contributed by atoms with van der Waals surface area (Å²) in [4.78, 5) is 72.3. The number of benzene rings is 15. The second-order valence-corrected chi connectivity index (χ2v) is 26.0. The monoisotopic (exact) mass is 1350 g/mol. The van der Waals surface area contributed by atoms with Crippen LogP contribution in [0.15, 0.2) is 255 Å². The number of aryl methyl sites for hydroxylation is 2. The molecule has 0 aromatic heterocycles. The number of allylic oxidation sites excluding steroid dienone is 4. The maximum absolute atomic E-state index is 12.6. The zero-order chi connectivity index (χ0) is 71.9. The Morgan fingerprint density at radius 2 is 0.644 bits per heavy atom. The van der Waals surface area contributed by atoms with E-state index in [1.807, 2.05) is 208 Å². The van der Waals surface area contributed by atoms with Gasteiger partial charge >= 0.3 is 0 Å². The molecular formula is C92H58O12. The van der Waals surface area contributed by atoms with Crippen LogP contribution >= 0.6 is 0 Å². The van der Waals surface area contributed by atoms with Gasteiger partial charge in [-0.05, 0) is 185 Å². The van der Waals surface area contributed by atoms with E-state index >= 15 is 0 Å². The largest absolute Gasteiger partial charge is 0.507 e. The Hall–Kier alpha value is -14.1. The number of phenols is 6. The number of hydrogen-bond donors (Lipinski definition) is 6. The highest BCUT2D eigenvalue weighted by Crippen LogP contribution is 2.46. The molecule has 6 aliphatic carbocycles. The van der Waals surface area contributed by atoms with Crippen molar-refractivity contribution < 1.29 is 59.4 Å². The summed E-state index contributed by atoms with van der Waals surface area (Å²) in [5.74, 6) is -0.320. The van der Waals surface area contributed by atoms with E-state index in [1.165, 1.54) is 24.3 Å². The first-order valence-corrected chi connectivity index (χ1v) is 33.5. The van der Waals surface area contributed by atoms with Crippen molar-refractivity contribution in [2.45, 2.75) is 13.8 Å². The number of carbonyl (C=O) groups excluding carboxylic acids is 6. The maximum Gasteiger partial charge on any atom is 0.198 e. The zero-order valence-electron chi connectivity index (χ0n) is 55.7. The van der Waals surface area contributed by atoms with Crippen molar-refractivity contribution in [3.05, 3.63) is 333 Å². The van der Waals surface area contributed by atoms with Crippen LogP contribution in [-0.4, -0.2) is 65.3 Å². The molecule has 0 amide bonds. The van der Waals surface area contributed by atoms with Crippen LogP contribution in [0.1, 0.15) is 107 Å². The molecule has 0 saturated heterocycles. The lowest BCUT2D eigenvalue weighted by atomic mass is 9.82. The molecule has 0 heterocycles. The minimum Gasteiger partial charge on any atom is -0.507 e. The van der Waals surface area contributed by atoms with Gasteiger partial charge in [0.1, 0.15) is 34.5 Å². The average molecular weight is 1360 g/mol. The van der Waals surface area contributed by atoms with Gasteiger partial charge in [-0.2, -0.15) is 0 Å². The Labute approximate surface area is 593 Å². The summed E-state index contributed by atoms with van der Waals surface area (Å²) in [5.41, 5.74) is 13.5. The molecule has 6 aliphatic rings. The Bertz CT molecular complexity index is 6510. The lowest BCUT2D eigenvalue weighted by Gasteiger charge is -2.20. The number of rotatable bonds is 0. The van der Waals surface area contributed by atoms with Crippen molar-refractivity contribution in [3.63, 3.8) is 0 Å². The molecule has 12 heteroatoms. The van der Waals surface area contributed by atoms with E-state index in [9.17, 15) is 59.4 Å². The van der Waals surface area contributed by atoms with Crippen molar-refractivity contribution in [2.24, 2.45) is 0 Å². The third kappa shape index (κ3) is 10.8. The minimum absolute atomic E-state index is 0.0500. The molecule has 0 atom stereocenters. The van der Waals surface area contributed by atoms with Crippen LogP contribution in [0.4, 0.5) is 0 Å². The lowest BCUT2D eigenvalue weighted by Crippen LogP contribution is -2.09. The van der Waals surface area contributed by atoms with Crippen molar-refractivity contribution in [2.75, 3.05) is 0 Å². The van der Waals surface area contributed by atoms with Gasteiger partial charge < -0.3 is 30.6 Å². The quantitative estimate of drug-likeness (QED) is 0.0780. The number of aromatic hydroxyl groups is 6. The first-order valence-electron chi connectivity index (χ1n) is 33.5. The van der Waals surface area contributed by atoms with E-state index in [-0.39, 0.29) is 69.2 Å². The van der Waals surface area contributed by atoms with Gasteiger partial charge in [-0.15, -0.1) is 0 Å². The molecule has 15 aromatic carbocycles. The van der Waals surface area contributed by atoms with E-state index in [4.69, 9.17) is 0 Å². The highest BCUT2D eigenvalue weighted by molar-refractivity contribution is 6.30. The van der Waals surface area contributed by atoms with Crippen LogP contribution in [0.2, 0.25) is 0 Å². The van der Waals surface area contributed by atoms with Gasteiger partial charge in [-0.25, -0.2) is 0 Å². The number of carbonyl (C=O) groups is 6. The molecule has 12 nitrogen and oxygen atoms in total. The summed E-state index contributed by atoms with van der Waals surface area (Å²) >= 11 is 0. The van der Waals surface area contributed by atoms with Crippen LogP contribution in [0.25, 0.3) is 122 Å². The third-order valence-corrected chi connectivity index (χ3v) is 19.8. The van der Waals surface area contributed by atoms with Gasteiger partial charge in [-0.1, -0.05) is 206 Å². The molecule has 6 N–H and O–H groups in total. The molecule has 0 saturated carbocycles. The summed E-state index contributed by atoms with van der Waals surface area (Å²) in [6.45, 7) is 3.83. The van der Waals surface area contributed by atoms with Crippen LogP contribution in [-0.2, 0) is 0 Å². The van der Waals surface area contributed by atoms with Crippen LogP contribution < -0.4 is 0 Å². The second kappa shape index (κ2) is 25.6. The Balaban J connectivity index is 0.0000000964. The maximum atomic E-state index is 12.6. The van der Waals surface area contributed by atoms with Crippen molar-refractivity contribution >= 4 is 134 Å². The predicted octanol–water partition coefficient (Wildman–Crippen LogP) is 20.3. The van der Waals surface area contributed by atoms with E-state index < -0.39 is 0 Å². The SMILES string of the molecule is Cc1cc2c3c(c(O)ccc3c1)C(=O)C=C2.Cc1cc2cccc3c2c(c1O)C(=O)C=C3.O=C1C=Cc2c3ccccc3cc3ccc(O)c1c23.O=C1C=Cc2cccc3ccc(O)c1c23.O=C1c2c(O)cccc2-c2cccc3cccc1c23.O=C1c2ccccc2-c2cccc3ccc(O)c1c23. The predicted molar refractivity (Wildman–Crippen MR) is 412 cm³/mol. The highest BCUT2D eigenvalue weighted by Gasteiger charge is 2.30. The number of phenolic OH excluding ortho intramolecular Hbond substituents is 6. The molecule has 0 radical (unpaired) electrons. The summed E-state index contributed by atoms with van der Waals surface area (Å²) in [6.07, 6.45) is 13.3. The van der Waals surface area contributed by atoms with Crippen LogP contribution in [0.5, 0.6) is 34.5 Å². The highest BCUT2D eigenvalue weighted by atomic mass is 16.3. The van der Waals surface area contributed by atoms with Gasteiger partial charge in [0.2, 0.25) is 0 Å². The van der Waals surface area contributed by atoms with Gasteiger partial charge in [0.25, 0.3) is 0 Å². The summed E-state index contributed by atoms with van der Waals surface area (Å²) in [6, 6.07) is 71.9. The summed E-state index contributed by atoms with van der Waals surface area (Å²) in [7, 11) is 0. The zero-order valence-corrected chi connectivity index (χ0v) is 55.7. The van der Waals surface area contributed by atoms with Gasteiger partial charge in [0, 0.05) is 43.4 Å². The summed E-state index contributed by atoms with van der Waals surface area (Å²) < 4.78 is 0. The summed E-state index contributed by atoms with van der Waals surface area (Å²) in [5, 5.41) is 72.9. The molecule has 498 valence electrons. The minimum atomic E-state index is -0.133. The molecule has 0 unspecified atom stereocenters. The fourth-order valence-corrected chi connectivity index (χ4v) is 15.2. The van der Waals surface area contributed by atoms with E-state index in [0.29, 0.717) is 44.5 Å². The molecule has 0 fully saturated rings. The molecule has 21 rings (SSSR count). The standard InChI is InChI=1S/3C17H10O2.2C14H10O2.C13H8O2/c18-14-9-3-7-12-11-6-1-4-10-5-2-8-13(15(10)11)17(19)16(12)14;18-14-9-8-10-4-3-7-12-11-5-1-2-6-13(11)17(19)16(14)15(10)12;18-14-7-5-11-9-10-3-1-2-4-12(10)13-6-8-15(19)17(14)16(11)13;1-8-6-9-2-4-11(15)14-12(16)5-3-10(7-8)13(9)14;1-8-7-10-4-2-3-9-5-6-11(15)13(12(9)10)14(8)16;14-10-6-4-8-2-1-3-9-5-7-11(15)13(10)12(8)9/h3*1-9,18H;2-7,15H,1H3;2-7,16H,1H3;1-7,14H. The Morgan fingerprint density at radius 1 is 0.240 bits per heavy atom. The fraction of sp³-hybridized carbons (Fsp3) is 0.0217. The smallest absolute Gasteiger partial charge is 0.198 e.